The molecule has 0 radical (unpaired) electrons. The summed E-state index contributed by atoms with van der Waals surface area (Å²) in [5, 5.41) is 13.1. The molecular formula is C21H29NO3. The van der Waals surface area contributed by atoms with Gasteiger partial charge in [0.1, 0.15) is 18.5 Å². The number of benzene rings is 2. The Morgan fingerprint density at radius 1 is 1.04 bits per heavy atom. The van der Waals surface area contributed by atoms with Crippen molar-refractivity contribution < 1.29 is 14.6 Å². The van der Waals surface area contributed by atoms with Crippen molar-refractivity contribution in [3.63, 3.8) is 0 Å². The Labute approximate surface area is 150 Å². The van der Waals surface area contributed by atoms with Gasteiger partial charge in [-0.25, -0.2) is 0 Å². The quantitative estimate of drug-likeness (QED) is 0.581. The second kappa shape index (κ2) is 11.6. The van der Waals surface area contributed by atoms with Crippen LogP contribution in [0.25, 0.3) is 0 Å². The van der Waals surface area contributed by atoms with Gasteiger partial charge in [0.2, 0.25) is 0 Å². The van der Waals surface area contributed by atoms with Crippen molar-refractivity contribution in [1.29, 1.82) is 0 Å². The molecule has 0 spiro atoms. The van der Waals surface area contributed by atoms with Crippen LogP contribution in [0.5, 0.6) is 5.75 Å². The van der Waals surface area contributed by atoms with Crippen LogP contribution in [0.1, 0.15) is 24.5 Å². The molecular weight excluding hydrogens is 314 g/mol. The Bertz CT molecular complexity index is 589. The normalized spacial score (nSPS) is 12.1. The molecule has 0 bridgehead atoms. The minimum absolute atomic E-state index is 0.276. The lowest BCUT2D eigenvalue weighted by atomic mass is 10.2. The summed E-state index contributed by atoms with van der Waals surface area (Å²) in [6.45, 7) is 5.00. The third kappa shape index (κ3) is 7.69. The summed E-state index contributed by atoms with van der Waals surface area (Å²) in [7, 11) is 0. The summed E-state index contributed by atoms with van der Waals surface area (Å²) in [6.07, 6.45) is 1.43. The zero-order valence-electron chi connectivity index (χ0n) is 15.0. The molecule has 0 aliphatic heterocycles. The van der Waals surface area contributed by atoms with Gasteiger partial charge in [0.15, 0.2) is 0 Å². The molecule has 2 rings (SSSR count). The average Bonchev–Trinajstić information content (AvgIpc) is 2.65. The first-order valence-electron chi connectivity index (χ1n) is 9.00. The average molecular weight is 343 g/mol. The SMILES string of the molecule is CCCNCC(O)COc1ccccc1COCCc1ccccc1. The fraction of sp³-hybridized carbons (Fsp3) is 0.429. The van der Waals surface area contributed by atoms with Gasteiger partial charge in [-0.15, -0.1) is 0 Å². The molecule has 2 aromatic rings. The van der Waals surface area contributed by atoms with E-state index in [-0.39, 0.29) is 6.61 Å². The second-order valence-electron chi connectivity index (χ2n) is 6.06. The molecule has 0 amide bonds. The first kappa shape index (κ1) is 19.4. The predicted octanol–water partition coefficient (Wildman–Crippen LogP) is 3.19. The van der Waals surface area contributed by atoms with Gasteiger partial charge >= 0.3 is 0 Å². The van der Waals surface area contributed by atoms with Gasteiger partial charge in [-0.2, -0.15) is 0 Å². The zero-order valence-corrected chi connectivity index (χ0v) is 15.0. The lowest BCUT2D eigenvalue weighted by Crippen LogP contribution is -2.31. The van der Waals surface area contributed by atoms with Crippen molar-refractivity contribution in [3.05, 3.63) is 65.7 Å². The molecule has 25 heavy (non-hydrogen) atoms. The lowest BCUT2D eigenvalue weighted by molar-refractivity contribution is 0.0988. The molecule has 0 aromatic heterocycles. The number of ether oxygens (including phenoxy) is 2. The van der Waals surface area contributed by atoms with E-state index in [4.69, 9.17) is 9.47 Å². The van der Waals surface area contributed by atoms with Crippen LogP contribution in [0.4, 0.5) is 0 Å². The van der Waals surface area contributed by atoms with E-state index in [1.165, 1.54) is 5.56 Å². The van der Waals surface area contributed by atoms with Crippen LogP contribution < -0.4 is 10.1 Å². The van der Waals surface area contributed by atoms with Crippen molar-refractivity contribution in [3.8, 4) is 5.75 Å². The van der Waals surface area contributed by atoms with E-state index in [9.17, 15) is 5.11 Å². The molecule has 1 atom stereocenters. The third-order valence-corrected chi connectivity index (χ3v) is 3.85. The molecule has 0 saturated heterocycles. The topological polar surface area (TPSA) is 50.7 Å². The van der Waals surface area contributed by atoms with Crippen LogP contribution in [0.2, 0.25) is 0 Å². The summed E-state index contributed by atoms with van der Waals surface area (Å²) >= 11 is 0. The third-order valence-electron chi connectivity index (χ3n) is 3.85. The number of nitrogens with one attached hydrogen (secondary N) is 1. The monoisotopic (exact) mass is 343 g/mol. The van der Waals surface area contributed by atoms with Crippen molar-refractivity contribution in [2.45, 2.75) is 32.5 Å². The van der Waals surface area contributed by atoms with Gasteiger partial charge in [-0.3, -0.25) is 0 Å². The van der Waals surface area contributed by atoms with Gasteiger partial charge < -0.3 is 19.9 Å². The summed E-state index contributed by atoms with van der Waals surface area (Å²) in [5.41, 5.74) is 2.28. The van der Waals surface area contributed by atoms with E-state index < -0.39 is 6.10 Å². The molecule has 136 valence electrons. The summed E-state index contributed by atoms with van der Waals surface area (Å²) in [6, 6.07) is 18.1. The molecule has 0 aliphatic carbocycles. The molecule has 2 N–H and O–H groups in total. The minimum Gasteiger partial charge on any atom is -0.490 e. The summed E-state index contributed by atoms with van der Waals surface area (Å²) in [4.78, 5) is 0. The minimum atomic E-state index is -0.515. The van der Waals surface area contributed by atoms with E-state index in [0.717, 1.165) is 30.7 Å². The molecule has 4 nitrogen and oxygen atoms in total. The first-order valence-corrected chi connectivity index (χ1v) is 9.00. The van der Waals surface area contributed by atoms with Gasteiger partial charge in [0.25, 0.3) is 0 Å². The smallest absolute Gasteiger partial charge is 0.124 e. The maximum absolute atomic E-state index is 9.95. The van der Waals surface area contributed by atoms with Crippen LogP contribution in [0.3, 0.4) is 0 Å². The number of hydrogen-bond acceptors (Lipinski definition) is 4. The highest BCUT2D eigenvalue weighted by Gasteiger charge is 2.08. The number of rotatable bonds is 12. The first-order chi connectivity index (χ1) is 12.3. The molecule has 0 saturated carbocycles. The highest BCUT2D eigenvalue weighted by Crippen LogP contribution is 2.19. The summed E-state index contributed by atoms with van der Waals surface area (Å²) < 4.78 is 11.6. The fourth-order valence-electron chi connectivity index (χ4n) is 2.47. The van der Waals surface area contributed by atoms with Crippen LogP contribution in [0.15, 0.2) is 54.6 Å². The second-order valence-corrected chi connectivity index (χ2v) is 6.06. The molecule has 0 aliphatic rings. The molecule has 0 heterocycles. The molecule has 1 unspecified atom stereocenters. The zero-order chi connectivity index (χ0) is 17.7. The van der Waals surface area contributed by atoms with Crippen LogP contribution in [0, 0.1) is 0 Å². The Morgan fingerprint density at radius 2 is 1.80 bits per heavy atom. The largest absolute Gasteiger partial charge is 0.490 e. The van der Waals surface area contributed by atoms with Crippen LogP contribution >= 0.6 is 0 Å². The molecule has 0 fully saturated rings. The van der Waals surface area contributed by atoms with E-state index >= 15 is 0 Å². The van der Waals surface area contributed by atoms with Crippen molar-refractivity contribution in [2.24, 2.45) is 0 Å². The number of hydrogen-bond donors (Lipinski definition) is 2. The number of aliphatic hydroxyl groups excluding tert-OH is 1. The number of aliphatic hydroxyl groups is 1. The maximum Gasteiger partial charge on any atom is 0.124 e. The highest BCUT2D eigenvalue weighted by molar-refractivity contribution is 5.32. The highest BCUT2D eigenvalue weighted by atomic mass is 16.5. The number of para-hydroxylation sites is 1. The van der Waals surface area contributed by atoms with Crippen molar-refractivity contribution in [2.75, 3.05) is 26.3 Å². The van der Waals surface area contributed by atoms with Crippen molar-refractivity contribution in [1.82, 2.24) is 5.32 Å². The van der Waals surface area contributed by atoms with Gasteiger partial charge in [0, 0.05) is 12.1 Å². The van der Waals surface area contributed by atoms with E-state index in [0.29, 0.717) is 19.8 Å². The fourth-order valence-corrected chi connectivity index (χ4v) is 2.47. The van der Waals surface area contributed by atoms with Crippen molar-refractivity contribution >= 4 is 0 Å². The predicted molar refractivity (Wildman–Crippen MR) is 101 cm³/mol. The van der Waals surface area contributed by atoms with Crippen LogP contribution in [-0.4, -0.2) is 37.5 Å². The van der Waals surface area contributed by atoms with Gasteiger partial charge in [-0.05, 0) is 31.0 Å². The van der Waals surface area contributed by atoms with Gasteiger partial charge in [0.05, 0.1) is 13.2 Å². The van der Waals surface area contributed by atoms with E-state index in [1.807, 2.05) is 42.5 Å². The van der Waals surface area contributed by atoms with Gasteiger partial charge in [-0.1, -0.05) is 55.5 Å². The Balaban J connectivity index is 1.73. The van der Waals surface area contributed by atoms with Crippen LogP contribution in [-0.2, 0) is 17.8 Å². The Morgan fingerprint density at radius 3 is 2.60 bits per heavy atom. The summed E-state index contributed by atoms with van der Waals surface area (Å²) in [5.74, 6) is 0.775. The van der Waals surface area contributed by atoms with E-state index in [1.54, 1.807) is 0 Å². The Kier molecular flexibility index (Phi) is 9.05. The molecule has 4 heteroatoms. The maximum atomic E-state index is 9.95. The molecule has 2 aromatic carbocycles. The lowest BCUT2D eigenvalue weighted by Gasteiger charge is -2.15. The standard InChI is InChI=1S/C21H29NO3/c1-2-13-22-15-20(23)17-25-21-11-7-6-10-19(21)16-24-14-12-18-8-4-3-5-9-18/h3-11,20,22-23H,2,12-17H2,1H3. The van der Waals surface area contributed by atoms with E-state index in [2.05, 4.69) is 24.4 Å². The Hall–Kier alpha value is -1.88.